The lowest BCUT2D eigenvalue weighted by Gasteiger charge is -2.22. The fourth-order valence-electron chi connectivity index (χ4n) is 2.19. The average Bonchev–Trinajstić information content (AvgIpc) is 2.89. The van der Waals surface area contributed by atoms with Gasteiger partial charge < -0.3 is 16.0 Å². The molecule has 0 aliphatic heterocycles. The molecule has 0 bridgehead atoms. The summed E-state index contributed by atoms with van der Waals surface area (Å²) in [6.45, 7) is 11.3. The highest BCUT2D eigenvalue weighted by molar-refractivity contribution is 14.0. The predicted octanol–water partition coefficient (Wildman–Crippen LogP) is 2.93. The minimum absolute atomic E-state index is 0. The number of rotatable bonds is 7. The minimum atomic E-state index is -0.523. The van der Waals surface area contributed by atoms with E-state index in [1.54, 1.807) is 7.05 Å². The van der Waals surface area contributed by atoms with Gasteiger partial charge in [-0.3, -0.25) is 9.79 Å². The molecule has 1 heterocycles. The summed E-state index contributed by atoms with van der Waals surface area (Å²) in [5.41, 5.74) is -0.523. The van der Waals surface area contributed by atoms with Gasteiger partial charge in [0.15, 0.2) is 5.96 Å². The summed E-state index contributed by atoms with van der Waals surface area (Å²) < 4.78 is 0. The van der Waals surface area contributed by atoms with Crippen LogP contribution >= 0.6 is 35.3 Å². The van der Waals surface area contributed by atoms with E-state index in [4.69, 9.17) is 0 Å². The number of hydrogen-bond acceptors (Lipinski definition) is 3. The van der Waals surface area contributed by atoms with Crippen molar-refractivity contribution < 1.29 is 4.79 Å². The fourth-order valence-corrected chi connectivity index (χ4v) is 3.21. The van der Waals surface area contributed by atoms with Crippen molar-refractivity contribution in [3.63, 3.8) is 0 Å². The van der Waals surface area contributed by atoms with Crippen molar-refractivity contribution >= 4 is 47.2 Å². The van der Waals surface area contributed by atoms with Gasteiger partial charge in [0.05, 0.1) is 12.0 Å². The van der Waals surface area contributed by atoms with Crippen LogP contribution in [0.25, 0.3) is 0 Å². The van der Waals surface area contributed by atoms with Crippen molar-refractivity contribution in [1.29, 1.82) is 0 Å². The molecule has 24 heavy (non-hydrogen) atoms. The van der Waals surface area contributed by atoms with Crippen LogP contribution < -0.4 is 16.0 Å². The van der Waals surface area contributed by atoms with Gasteiger partial charge >= 0.3 is 0 Å². The maximum Gasteiger partial charge on any atom is 0.227 e. The third-order valence-electron chi connectivity index (χ3n) is 3.50. The number of aryl methyl sites for hydroxylation is 1. The van der Waals surface area contributed by atoms with E-state index >= 15 is 0 Å². The summed E-state index contributed by atoms with van der Waals surface area (Å²) >= 11 is 1.83. The van der Waals surface area contributed by atoms with Gasteiger partial charge in [-0.25, -0.2) is 0 Å². The largest absolute Gasteiger partial charge is 0.359 e. The molecule has 1 aromatic rings. The minimum Gasteiger partial charge on any atom is -0.359 e. The molecule has 1 amide bonds. The van der Waals surface area contributed by atoms with Gasteiger partial charge in [0.2, 0.25) is 5.91 Å². The van der Waals surface area contributed by atoms with E-state index in [-0.39, 0.29) is 35.9 Å². The molecule has 1 unspecified atom stereocenters. The Morgan fingerprint density at radius 3 is 2.54 bits per heavy atom. The summed E-state index contributed by atoms with van der Waals surface area (Å²) in [5, 5.41) is 9.35. The second-order valence-corrected chi connectivity index (χ2v) is 7.79. The zero-order valence-electron chi connectivity index (χ0n) is 15.5. The zero-order valence-corrected chi connectivity index (χ0v) is 18.7. The van der Waals surface area contributed by atoms with Gasteiger partial charge in [0, 0.05) is 35.8 Å². The number of amides is 1. The first-order valence-corrected chi connectivity index (χ1v) is 8.92. The van der Waals surface area contributed by atoms with Crippen molar-refractivity contribution in [3.8, 4) is 0 Å². The summed E-state index contributed by atoms with van der Waals surface area (Å²) in [7, 11) is 1.66. The van der Waals surface area contributed by atoms with Gasteiger partial charge in [-0.05, 0) is 46.8 Å². The lowest BCUT2D eigenvalue weighted by Crippen LogP contribution is -2.44. The Hall–Kier alpha value is -0.830. The zero-order chi connectivity index (χ0) is 17.5. The number of carbonyl (C=O) groups is 1. The normalized spacial score (nSPS) is 13.0. The highest BCUT2D eigenvalue weighted by atomic mass is 127. The van der Waals surface area contributed by atoms with E-state index in [9.17, 15) is 4.79 Å². The Balaban J connectivity index is 0.00000529. The Kier molecular flexibility index (Phi) is 10.5. The first-order chi connectivity index (χ1) is 10.8. The van der Waals surface area contributed by atoms with Gasteiger partial charge in [-0.15, -0.1) is 35.3 Å². The summed E-state index contributed by atoms with van der Waals surface area (Å²) in [4.78, 5) is 19.1. The molecule has 0 radical (unpaired) electrons. The summed E-state index contributed by atoms with van der Waals surface area (Å²) in [6.07, 6.45) is 0.960. The molecular weight excluding hydrogens is 435 g/mol. The van der Waals surface area contributed by atoms with Crippen LogP contribution in [-0.2, 0) is 11.2 Å². The molecule has 0 aromatic carbocycles. The Labute approximate surface area is 167 Å². The lowest BCUT2D eigenvalue weighted by atomic mass is 9.93. The number of nitrogens with zero attached hydrogens (tertiary/aromatic N) is 1. The average molecular weight is 466 g/mol. The van der Waals surface area contributed by atoms with Crippen LogP contribution in [0.5, 0.6) is 0 Å². The number of thiophene rings is 1. The van der Waals surface area contributed by atoms with Crippen molar-refractivity contribution in [2.75, 3.05) is 20.1 Å². The van der Waals surface area contributed by atoms with Crippen molar-refractivity contribution in [2.45, 2.75) is 47.1 Å². The van der Waals surface area contributed by atoms with Crippen LogP contribution in [0.1, 0.15) is 37.4 Å². The van der Waals surface area contributed by atoms with Crippen LogP contribution in [0.2, 0.25) is 0 Å². The van der Waals surface area contributed by atoms with E-state index < -0.39 is 5.41 Å². The second-order valence-electron chi connectivity index (χ2n) is 6.42. The first kappa shape index (κ1) is 23.2. The van der Waals surface area contributed by atoms with Gasteiger partial charge in [-0.2, -0.15) is 0 Å². The number of aliphatic imine (C=N–C) groups is 1. The van der Waals surface area contributed by atoms with Crippen LogP contribution in [0.4, 0.5) is 0 Å². The van der Waals surface area contributed by atoms with E-state index in [0.717, 1.165) is 18.9 Å². The highest BCUT2D eigenvalue weighted by Crippen LogP contribution is 2.17. The molecule has 5 nitrogen and oxygen atoms in total. The fraction of sp³-hybridized carbons (Fsp3) is 0.647. The molecule has 138 valence electrons. The monoisotopic (exact) mass is 466 g/mol. The van der Waals surface area contributed by atoms with Gasteiger partial charge in [0.25, 0.3) is 0 Å². The van der Waals surface area contributed by atoms with Crippen LogP contribution in [0, 0.1) is 12.3 Å². The standard InChI is InChI=1S/C17H30N4OS.HI/c1-7-19-16(20-11-17(4,5)15(22)18-6)21-12(2)10-14-9-8-13(3)23-14;/h8-9,12H,7,10-11H2,1-6H3,(H,18,22)(H2,19,20,21);1H. The molecule has 0 aliphatic carbocycles. The first-order valence-electron chi connectivity index (χ1n) is 8.10. The third-order valence-corrected chi connectivity index (χ3v) is 4.53. The molecule has 1 rings (SSSR count). The Bertz CT molecular complexity index is 542. The molecule has 0 aliphatic rings. The SMILES string of the molecule is CCNC(=NCC(C)(C)C(=O)NC)NC(C)Cc1ccc(C)s1.I. The summed E-state index contributed by atoms with van der Waals surface area (Å²) in [5.74, 6) is 0.754. The quantitative estimate of drug-likeness (QED) is 0.329. The summed E-state index contributed by atoms with van der Waals surface area (Å²) in [6, 6.07) is 4.60. The molecule has 1 aromatic heterocycles. The Morgan fingerprint density at radius 2 is 2.04 bits per heavy atom. The molecular formula is C17H31IN4OS. The molecule has 0 fully saturated rings. The van der Waals surface area contributed by atoms with E-state index in [1.165, 1.54) is 9.75 Å². The molecule has 3 N–H and O–H groups in total. The number of carbonyl (C=O) groups excluding carboxylic acids is 1. The van der Waals surface area contributed by atoms with Gasteiger partial charge in [0.1, 0.15) is 0 Å². The Morgan fingerprint density at radius 1 is 1.38 bits per heavy atom. The maximum atomic E-state index is 11.8. The number of nitrogens with one attached hydrogen (secondary N) is 3. The second kappa shape index (κ2) is 10.9. The maximum absolute atomic E-state index is 11.8. The van der Waals surface area contributed by atoms with Crippen LogP contribution in [0.15, 0.2) is 17.1 Å². The molecule has 0 saturated carbocycles. The third kappa shape index (κ3) is 7.83. The van der Waals surface area contributed by atoms with Crippen molar-refractivity contribution in [2.24, 2.45) is 10.4 Å². The smallest absolute Gasteiger partial charge is 0.227 e. The number of guanidine groups is 1. The molecule has 0 saturated heterocycles. The van der Waals surface area contributed by atoms with Gasteiger partial charge in [-0.1, -0.05) is 0 Å². The van der Waals surface area contributed by atoms with E-state index in [1.807, 2.05) is 32.1 Å². The van der Waals surface area contributed by atoms with Crippen molar-refractivity contribution in [3.05, 3.63) is 21.9 Å². The predicted molar refractivity (Wildman–Crippen MR) is 115 cm³/mol. The molecule has 0 spiro atoms. The number of halogens is 1. The van der Waals surface area contributed by atoms with Crippen molar-refractivity contribution in [1.82, 2.24) is 16.0 Å². The molecule has 7 heteroatoms. The number of hydrogen-bond donors (Lipinski definition) is 3. The topological polar surface area (TPSA) is 65.5 Å². The van der Waals surface area contributed by atoms with Crippen LogP contribution in [0.3, 0.4) is 0 Å². The molecule has 1 atom stereocenters. The highest BCUT2D eigenvalue weighted by Gasteiger charge is 2.26. The van der Waals surface area contributed by atoms with E-state index in [2.05, 4.69) is 46.9 Å². The lowest BCUT2D eigenvalue weighted by molar-refractivity contribution is -0.128. The van der Waals surface area contributed by atoms with E-state index in [0.29, 0.717) is 6.54 Å². The van der Waals surface area contributed by atoms with Crippen LogP contribution in [-0.4, -0.2) is 38.0 Å².